The van der Waals surface area contributed by atoms with Crippen molar-refractivity contribution in [3.63, 3.8) is 0 Å². The Morgan fingerprint density at radius 1 is 1.56 bits per heavy atom. The van der Waals surface area contributed by atoms with Gasteiger partial charge < -0.3 is 16.6 Å². The number of nitro groups is 1. The van der Waals surface area contributed by atoms with Crippen molar-refractivity contribution in [1.82, 2.24) is 0 Å². The Morgan fingerprint density at radius 2 is 2.19 bits per heavy atom. The zero-order valence-electron chi connectivity index (χ0n) is 8.39. The second-order valence-electron chi connectivity index (χ2n) is 3.30. The van der Waals surface area contributed by atoms with Crippen LogP contribution in [0.5, 0.6) is 5.75 Å². The largest absolute Gasteiger partial charge is 0.502 e. The molecule has 0 aromatic heterocycles. The Morgan fingerprint density at radius 3 is 2.69 bits per heavy atom. The molecule has 1 aromatic rings. The second-order valence-corrected chi connectivity index (χ2v) is 4.22. The van der Waals surface area contributed by atoms with Gasteiger partial charge in [-0.05, 0) is 19.0 Å². The Hall–Kier alpha value is -1.18. The highest BCUT2D eigenvalue weighted by molar-refractivity contribution is 9.10. The number of nitrogens with zero attached hydrogens (tertiary/aromatic N) is 1. The Labute approximate surface area is 101 Å². The van der Waals surface area contributed by atoms with E-state index in [0.717, 1.165) is 0 Å². The third-order valence-electron chi connectivity index (χ3n) is 2.16. The normalized spacial score (nSPS) is 12.4. The fourth-order valence-electron chi connectivity index (χ4n) is 1.36. The Bertz CT molecular complexity index is 411. The van der Waals surface area contributed by atoms with Gasteiger partial charge in [0.25, 0.3) is 0 Å². The van der Waals surface area contributed by atoms with Crippen LogP contribution in [0.2, 0.25) is 0 Å². The number of hydrogen-bond acceptors (Lipinski definition) is 5. The predicted molar refractivity (Wildman–Crippen MR) is 63.1 cm³/mol. The number of phenolic OH excluding ortho intramolecular Hbond substituents is 1. The van der Waals surface area contributed by atoms with Gasteiger partial charge in [0.15, 0.2) is 5.75 Å². The quantitative estimate of drug-likeness (QED) is 0.572. The molecule has 0 aliphatic rings. The molecule has 0 fully saturated rings. The summed E-state index contributed by atoms with van der Waals surface area (Å²) >= 11 is 3.13. The fourth-order valence-corrected chi connectivity index (χ4v) is 1.83. The van der Waals surface area contributed by atoms with E-state index in [2.05, 4.69) is 15.9 Å². The van der Waals surface area contributed by atoms with Crippen LogP contribution in [-0.2, 0) is 0 Å². The molecule has 0 saturated heterocycles. The van der Waals surface area contributed by atoms with Gasteiger partial charge in [-0.2, -0.15) is 0 Å². The molecule has 6 nitrogen and oxygen atoms in total. The first kappa shape index (κ1) is 12.9. The lowest BCUT2D eigenvalue weighted by Crippen LogP contribution is -2.15. The molecule has 0 radical (unpaired) electrons. The molecule has 0 aliphatic heterocycles. The third kappa shape index (κ3) is 2.69. The zero-order valence-corrected chi connectivity index (χ0v) is 9.98. The summed E-state index contributed by atoms with van der Waals surface area (Å²) in [6.45, 7) is 0.348. The molecule has 0 heterocycles. The van der Waals surface area contributed by atoms with Gasteiger partial charge in [0.05, 0.1) is 4.92 Å². The van der Waals surface area contributed by atoms with E-state index in [-0.39, 0.29) is 5.69 Å². The average molecular weight is 290 g/mol. The first-order valence-corrected chi connectivity index (χ1v) is 5.39. The summed E-state index contributed by atoms with van der Waals surface area (Å²) in [5.41, 5.74) is 11.1. The molecule has 0 spiro atoms. The zero-order chi connectivity index (χ0) is 12.3. The Balaban J connectivity index is 3.23. The van der Waals surface area contributed by atoms with Crippen LogP contribution in [-0.4, -0.2) is 16.6 Å². The molecule has 1 aromatic carbocycles. The lowest BCUT2D eigenvalue weighted by molar-refractivity contribution is -0.386. The summed E-state index contributed by atoms with van der Waals surface area (Å²) < 4.78 is 0.500. The smallest absolute Gasteiger partial charge is 0.312 e. The van der Waals surface area contributed by atoms with Crippen molar-refractivity contribution in [3.05, 3.63) is 32.3 Å². The van der Waals surface area contributed by atoms with Crippen molar-refractivity contribution in [3.8, 4) is 5.75 Å². The minimum Gasteiger partial charge on any atom is -0.502 e. The molecule has 7 heteroatoms. The van der Waals surface area contributed by atoms with Gasteiger partial charge >= 0.3 is 5.69 Å². The van der Waals surface area contributed by atoms with Crippen molar-refractivity contribution in [2.45, 2.75) is 12.5 Å². The van der Waals surface area contributed by atoms with E-state index in [1.165, 1.54) is 6.07 Å². The minimum absolute atomic E-state index is 0.325. The average Bonchev–Trinajstić information content (AvgIpc) is 2.20. The van der Waals surface area contributed by atoms with E-state index < -0.39 is 16.7 Å². The van der Waals surface area contributed by atoms with Crippen LogP contribution in [0.15, 0.2) is 16.6 Å². The second kappa shape index (κ2) is 5.24. The highest BCUT2D eigenvalue weighted by atomic mass is 79.9. The highest BCUT2D eigenvalue weighted by Crippen LogP contribution is 2.36. The number of halogens is 1. The van der Waals surface area contributed by atoms with Crippen LogP contribution in [0.4, 0.5) is 5.69 Å². The van der Waals surface area contributed by atoms with Crippen molar-refractivity contribution >= 4 is 21.6 Å². The number of nitrogens with two attached hydrogens (primary N) is 2. The van der Waals surface area contributed by atoms with Crippen LogP contribution >= 0.6 is 15.9 Å². The van der Waals surface area contributed by atoms with Gasteiger partial charge in [0.2, 0.25) is 0 Å². The number of benzene rings is 1. The predicted octanol–water partition coefficient (Wildman–Crippen LogP) is 1.41. The summed E-state index contributed by atoms with van der Waals surface area (Å²) in [6.07, 6.45) is 0.446. The van der Waals surface area contributed by atoms with Gasteiger partial charge in [-0.25, -0.2) is 0 Å². The molecule has 0 bridgehead atoms. The van der Waals surface area contributed by atoms with Crippen LogP contribution < -0.4 is 11.5 Å². The van der Waals surface area contributed by atoms with Crippen molar-refractivity contribution in [2.24, 2.45) is 11.5 Å². The number of hydrogen-bond donors (Lipinski definition) is 3. The van der Waals surface area contributed by atoms with Crippen LogP contribution in [0, 0.1) is 10.1 Å². The molecule has 5 N–H and O–H groups in total. The number of nitro benzene ring substituents is 1. The van der Waals surface area contributed by atoms with E-state index in [0.29, 0.717) is 23.0 Å². The van der Waals surface area contributed by atoms with E-state index in [4.69, 9.17) is 11.5 Å². The molecule has 1 atom stereocenters. The van der Waals surface area contributed by atoms with Crippen LogP contribution in [0.1, 0.15) is 18.0 Å². The van der Waals surface area contributed by atoms with Crippen molar-refractivity contribution in [2.75, 3.05) is 6.54 Å². The summed E-state index contributed by atoms with van der Waals surface area (Å²) in [5, 5.41) is 20.4. The molecule has 88 valence electrons. The van der Waals surface area contributed by atoms with E-state index in [1.54, 1.807) is 6.07 Å². The standard InChI is InChI=1S/C9H12BrN3O3/c10-5-3-6(7(12)1-2-11)9(14)8(4-5)13(15)16/h3-4,7,14H,1-2,11-12H2/t7-/m0/s1. The van der Waals surface area contributed by atoms with E-state index in [1.807, 2.05) is 0 Å². The summed E-state index contributed by atoms with van der Waals surface area (Å²) in [4.78, 5) is 10.0. The van der Waals surface area contributed by atoms with Crippen molar-refractivity contribution in [1.29, 1.82) is 0 Å². The van der Waals surface area contributed by atoms with Crippen molar-refractivity contribution < 1.29 is 10.0 Å². The Kier molecular flexibility index (Phi) is 4.22. The topological polar surface area (TPSA) is 115 Å². The summed E-state index contributed by atoms with van der Waals surface area (Å²) in [7, 11) is 0. The number of aromatic hydroxyl groups is 1. The molecular weight excluding hydrogens is 278 g/mol. The maximum Gasteiger partial charge on any atom is 0.312 e. The van der Waals surface area contributed by atoms with E-state index in [9.17, 15) is 15.2 Å². The van der Waals surface area contributed by atoms with Gasteiger partial charge in [-0.1, -0.05) is 15.9 Å². The van der Waals surface area contributed by atoms with Gasteiger partial charge in [0.1, 0.15) is 0 Å². The fraction of sp³-hybridized carbons (Fsp3) is 0.333. The lowest BCUT2D eigenvalue weighted by Gasteiger charge is -2.12. The minimum atomic E-state index is -0.654. The first-order valence-electron chi connectivity index (χ1n) is 4.59. The van der Waals surface area contributed by atoms with Gasteiger partial charge in [-0.15, -0.1) is 0 Å². The molecule has 1 rings (SSSR count). The van der Waals surface area contributed by atoms with Crippen LogP contribution in [0.25, 0.3) is 0 Å². The first-order chi connectivity index (χ1) is 7.47. The number of phenols is 1. The molecule has 0 aliphatic carbocycles. The van der Waals surface area contributed by atoms with E-state index >= 15 is 0 Å². The molecule has 16 heavy (non-hydrogen) atoms. The SMILES string of the molecule is NCC[C@H](N)c1cc(Br)cc([N+](=O)[O-])c1O. The maximum absolute atomic E-state index is 10.7. The highest BCUT2D eigenvalue weighted by Gasteiger charge is 2.21. The number of rotatable bonds is 4. The lowest BCUT2D eigenvalue weighted by atomic mass is 10.0. The van der Waals surface area contributed by atoms with Crippen LogP contribution in [0.3, 0.4) is 0 Å². The maximum atomic E-state index is 10.7. The molecule has 0 saturated carbocycles. The summed E-state index contributed by atoms with van der Waals surface area (Å²) in [6, 6.07) is 2.28. The monoisotopic (exact) mass is 289 g/mol. The molecule has 0 amide bonds. The molecule has 0 unspecified atom stereocenters. The third-order valence-corrected chi connectivity index (χ3v) is 2.62. The molecular formula is C9H12BrN3O3. The summed E-state index contributed by atoms with van der Waals surface area (Å²) in [5.74, 6) is -0.394. The van der Waals surface area contributed by atoms with Gasteiger partial charge in [0, 0.05) is 22.1 Å². The van der Waals surface area contributed by atoms with Gasteiger partial charge in [-0.3, -0.25) is 10.1 Å².